The van der Waals surface area contributed by atoms with E-state index in [1.54, 1.807) is 30.3 Å². The van der Waals surface area contributed by atoms with Gasteiger partial charge in [0.2, 0.25) is 0 Å². The van der Waals surface area contributed by atoms with Crippen molar-refractivity contribution in [3.63, 3.8) is 0 Å². The number of benzene rings is 2. The van der Waals surface area contributed by atoms with Gasteiger partial charge in [-0.1, -0.05) is 48.0 Å². The summed E-state index contributed by atoms with van der Waals surface area (Å²) >= 11 is 6.15. The van der Waals surface area contributed by atoms with Crippen molar-refractivity contribution in [3.8, 4) is 11.3 Å². The van der Waals surface area contributed by atoms with E-state index in [2.05, 4.69) is 10.3 Å². The number of carboxylic acids is 1. The highest BCUT2D eigenvalue weighted by Crippen LogP contribution is 2.31. The van der Waals surface area contributed by atoms with Gasteiger partial charge in [0.15, 0.2) is 6.10 Å². The molecule has 0 saturated carbocycles. The van der Waals surface area contributed by atoms with Crippen LogP contribution in [0.4, 0.5) is 0 Å². The predicted molar refractivity (Wildman–Crippen MR) is 111 cm³/mol. The minimum atomic E-state index is -1.81. The van der Waals surface area contributed by atoms with Crippen molar-refractivity contribution in [2.24, 2.45) is 0 Å². The van der Waals surface area contributed by atoms with E-state index in [1.165, 1.54) is 6.26 Å². The standard InChI is InChI=1S/C22H17ClN2O5/c23-15-7-3-1-5-12(15)9-16(20(26)22(28)29)25-21(27)17-10-14-13-6-2-4-8-19(13)30-11-18(14)24-17/h1-8,10-11,16,20,26H,9H2,(H,25,27)(H,28,29)/t16-,20-/m1/s1. The van der Waals surface area contributed by atoms with Crippen LogP contribution in [0.3, 0.4) is 0 Å². The monoisotopic (exact) mass is 424 g/mol. The molecule has 2 heterocycles. The van der Waals surface area contributed by atoms with Crippen LogP contribution in [0.2, 0.25) is 5.02 Å². The molecular formula is C22H17ClN2O5. The number of aromatic nitrogens is 1. The number of hydrogen-bond acceptors (Lipinski definition) is 5. The molecule has 152 valence electrons. The molecule has 2 aliphatic rings. The van der Waals surface area contributed by atoms with Crippen LogP contribution in [0.15, 0.2) is 65.3 Å². The number of carboxylic acid groups (broad SMARTS) is 1. The number of para-hydroxylation sites is 1. The number of carbonyl (C=O) groups is 2. The summed E-state index contributed by atoms with van der Waals surface area (Å²) in [5.41, 5.74) is 2.60. The van der Waals surface area contributed by atoms with E-state index in [9.17, 15) is 19.8 Å². The zero-order chi connectivity index (χ0) is 21.3. The van der Waals surface area contributed by atoms with Gasteiger partial charge in [-0.05, 0) is 30.2 Å². The zero-order valence-corrected chi connectivity index (χ0v) is 16.3. The van der Waals surface area contributed by atoms with E-state index in [4.69, 9.17) is 16.0 Å². The number of amides is 1. The second kappa shape index (κ2) is 8.14. The highest BCUT2D eigenvalue weighted by Gasteiger charge is 2.29. The van der Waals surface area contributed by atoms with Crippen LogP contribution in [0.1, 0.15) is 16.1 Å². The quantitative estimate of drug-likeness (QED) is 0.437. The third-order valence-corrected chi connectivity index (χ3v) is 5.22. The first-order valence-electron chi connectivity index (χ1n) is 9.16. The fourth-order valence-corrected chi connectivity index (χ4v) is 3.54. The van der Waals surface area contributed by atoms with Gasteiger partial charge in [0, 0.05) is 16.0 Å². The first kappa shape index (κ1) is 19.9. The Kier molecular flexibility index (Phi) is 5.39. The van der Waals surface area contributed by atoms with Crippen molar-refractivity contribution in [2.45, 2.75) is 18.6 Å². The lowest BCUT2D eigenvalue weighted by atomic mass is 10.0. The molecule has 30 heavy (non-hydrogen) atoms. The molecule has 0 fully saturated rings. The number of carbonyl (C=O) groups excluding carboxylic acids is 1. The number of nitrogens with one attached hydrogen (secondary N) is 1. The summed E-state index contributed by atoms with van der Waals surface area (Å²) in [4.78, 5) is 28.5. The van der Waals surface area contributed by atoms with Gasteiger partial charge >= 0.3 is 5.97 Å². The Bertz CT molecular complexity index is 1210. The molecule has 2 aromatic rings. The third-order valence-electron chi connectivity index (χ3n) is 4.85. The Labute approximate surface area is 176 Å². The molecule has 0 radical (unpaired) electrons. The lowest BCUT2D eigenvalue weighted by Gasteiger charge is -2.21. The molecule has 7 nitrogen and oxygen atoms in total. The molecule has 2 aliphatic heterocycles. The summed E-state index contributed by atoms with van der Waals surface area (Å²) in [6.45, 7) is 0. The molecule has 0 unspecified atom stereocenters. The van der Waals surface area contributed by atoms with Crippen molar-refractivity contribution >= 4 is 34.4 Å². The summed E-state index contributed by atoms with van der Waals surface area (Å²) in [6, 6.07) is 14.7. The Balaban J connectivity index is 1.63. The van der Waals surface area contributed by atoms with Crippen LogP contribution in [-0.4, -0.2) is 39.2 Å². The maximum Gasteiger partial charge on any atom is 0.334 e. The Morgan fingerprint density at radius 3 is 2.63 bits per heavy atom. The Morgan fingerprint density at radius 2 is 1.87 bits per heavy atom. The molecule has 3 N–H and O–H groups in total. The first-order chi connectivity index (χ1) is 14.4. The van der Waals surface area contributed by atoms with E-state index in [-0.39, 0.29) is 12.1 Å². The van der Waals surface area contributed by atoms with E-state index in [0.29, 0.717) is 21.9 Å². The number of rotatable bonds is 6. The normalized spacial score (nSPS) is 13.3. The van der Waals surface area contributed by atoms with Gasteiger partial charge < -0.3 is 19.9 Å². The molecule has 1 amide bonds. The van der Waals surface area contributed by atoms with Gasteiger partial charge in [-0.15, -0.1) is 0 Å². The largest absolute Gasteiger partial charge is 0.479 e. The van der Waals surface area contributed by atoms with Crippen LogP contribution in [0.25, 0.3) is 22.2 Å². The van der Waals surface area contributed by atoms with Gasteiger partial charge in [-0.2, -0.15) is 0 Å². The van der Waals surface area contributed by atoms with Crippen LogP contribution >= 0.6 is 11.6 Å². The topological polar surface area (TPSA) is 113 Å². The van der Waals surface area contributed by atoms with Gasteiger partial charge in [0.1, 0.15) is 23.2 Å². The van der Waals surface area contributed by atoms with Gasteiger partial charge in [-0.25, -0.2) is 9.78 Å². The summed E-state index contributed by atoms with van der Waals surface area (Å²) in [5.74, 6) is -2.05. The summed E-state index contributed by atoms with van der Waals surface area (Å²) in [6.07, 6.45) is -0.315. The fourth-order valence-electron chi connectivity index (χ4n) is 3.32. The molecule has 8 heteroatoms. The summed E-state index contributed by atoms with van der Waals surface area (Å²) in [7, 11) is 0. The highest BCUT2D eigenvalue weighted by molar-refractivity contribution is 6.31. The van der Waals surface area contributed by atoms with E-state index in [0.717, 1.165) is 10.9 Å². The van der Waals surface area contributed by atoms with Gasteiger partial charge in [-0.3, -0.25) is 4.79 Å². The maximum atomic E-state index is 12.8. The molecule has 0 spiro atoms. The number of fused-ring (bicyclic) bond motifs is 3. The van der Waals surface area contributed by atoms with Crippen LogP contribution < -0.4 is 5.32 Å². The molecule has 2 atom stereocenters. The smallest absolute Gasteiger partial charge is 0.334 e. The van der Waals surface area contributed by atoms with Crippen molar-refractivity contribution in [2.75, 3.05) is 0 Å². The number of halogens is 1. The lowest BCUT2D eigenvalue weighted by Crippen LogP contribution is -2.48. The van der Waals surface area contributed by atoms with E-state index >= 15 is 0 Å². The minimum Gasteiger partial charge on any atom is -0.479 e. The average Bonchev–Trinajstić information content (AvgIpc) is 3.19. The second-order valence-corrected chi connectivity index (χ2v) is 7.24. The molecule has 0 aromatic heterocycles. The molecule has 2 aromatic carbocycles. The molecule has 0 aliphatic carbocycles. The Hall–Kier alpha value is -3.42. The second-order valence-electron chi connectivity index (χ2n) is 6.83. The zero-order valence-electron chi connectivity index (χ0n) is 15.6. The summed E-state index contributed by atoms with van der Waals surface area (Å²) < 4.78 is 5.53. The Morgan fingerprint density at radius 1 is 1.13 bits per heavy atom. The third kappa shape index (κ3) is 3.85. The number of aliphatic hydroxyl groups excluding tert-OH is 1. The van der Waals surface area contributed by atoms with Gasteiger partial charge in [0.25, 0.3) is 5.91 Å². The first-order valence-corrected chi connectivity index (χ1v) is 9.54. The van der Waals surface area contributed by atoms with Crippen LogP contribution in [0, 0.1) is 0 Å². The highest BCUT2D eigenvalue weighted by atomic mass is 35.5. The van der Waals surface area contributed by atoms with Crippen molar-refractivity contribution in [1.29, 1.82) is 0 Å². The lowest BCUT2D eigenvalue weighted by molar-refractivity contribution is -0.148. The van der Waals surface area contributed by atoms with E-state index in [1.807, 2.05) is 24.3 Å². The summed E-state index contributed by atoms with van der Waals surface area (Å²) in [5, 5.41) is 23.2. The molecule has 0 bridgehead atoms. The number of aliphatic carboxylic acids is 1. The predicted octanol–water partition coefficient (Wildman–Crippen LogP) is 3.37. The number of hydrogen-bond donors (Lipinski definition) is 3. The SMILES string of the molecule is O=C(N[C@H](Cc1ccccc1Cl)[C@@H](O)C(=O)O)c1cc2c3ccccc3occ-2n1. The van der Waals surface area contributed by atoms with Crippen LogP contribution in [0.5, 0.6) is 0 Å². The maximum absolute atomic E-state index is 12.8. The van der Waals surface area contributed by atoms with Crippen molar-refractivity contribution < 1.29 is 24.2 Å². The molecule has 4 rings (SSSR count). The van der Waals surface area contributed by atoms with Crippen molar-refractivity contribution in [3.05, 3.63) is 77.1 Å². The van der Waals surface area contributed by atoms with E-state index < -0.39 is 24.0 Å². The fraction of sp³-hybridized carbons (Fsp3) is 0.136. The van der Waals surface area contributed by atoms with Crippen molar-refractivity contribution in [1.82, 2.24) is 10.3 Å². The van der Waals surface area contributed by atoms with Gasteiger partial charge in [0.05, 0.1) is 6.04 Å². The minimum absolute atomic E-state index is 0.0391. The number of nitrogens with zero attached hydrogens (tertiary/aromatic N) is 1. The number of aliphatic hydroxyl groups is 1. The average molecular weight is 425 g/mol. The molecular weight excluding hydrogens is 408 g/mol. The molecule has 0 saturated heterocycles. The van der Waals surface area contributed by atoms with Crippen LogP contribution in [-0.2, 0) is 11.2 Å².